The summed E-state index contributed by atoms with van der Waals surface area (Å²) in [6.45, 7) is 4.67. The highest BCUT2D eigenvalue weighted by Crippen LogP contribution is 2.23. The van der Waals surface area contributed by atoms with Crippen LogP contribution in [0.25, 0.3) is 0 Å². The minimum absolute atomic E-state index is 0.876. The Balaban J connectivity index is 1.91. The molecular formula is C9H19NS2. The first-order chi connectivity index (χ1) is 5.93. The van der Waals surface area contributed by atoms with Crippen LogP contribution in [-0.2, 0) is 0 Å². The summed E-state index contributed by atoms with van der Waals surface area (Å²) in [7, 11) is 0. The molecule has 0 amide bonds. The quantitative estimate of drug-likeness (QED) is 0.691. The van der Waals surface area contributed by atoms with Crippen molar-refractivity contribution in [2.24, 2.45) is 0 Å². The molecule has 0 aromatic rings. The molecule has 0 radical (unpaired) electrons. The zero-order chi connectivity index (χ0) is 8.65. The topological polar surface area (TPSA) is 12.0 Å². The number of thioether (sulfide) groups is 2. The fourth-order valence-electron chi connectivity index (χ4n) is 1.22. The summed E-state index contributed by atoms with van der Waals surface area (Å²) < 4.78 is 0. The third kappa shape index (κ3) is 4.63. The first-order valence-corrected chi connectivity index (χ1v) is 7.04. The molecule has 0 spiro atoms. The van der Waals surface area contributed by atoms with Crippen LogP contribution in [0.5, 0.6) is 0 Å². The van der Waals surface area contributed by atoms with E-state index in [9.17, 15) is 0 Å². The summed E-state index contributed by atoms with van der Waals surface area (Å²) in [5.41, 5.74) is 0. The summed E-state index contributed by atoms with van der Waals surface area (Å²) in [5, 5.41) is 4.40. The molecule has 0 aromatic carbocycles. The third-order valence-electron chi connectivity index (χ3n) is 1.96. The first-order valence-electron chi connectivity index (χ1n) is 4.83. The molecule has 1 saturated heterocycles. The van der Waals surface area contributed by atoms with Crippen molar-refractivity contribution in [3.8, 4) is 0 Å². The predicted molar refractivity (Wildman–Crippen MR) is 61.3 cm³/mol. The Hall–Kier alpha value is 0.660. The van der Waals surface area contributed by atoms with Crippen LogP contribution >= 0.6 is 23.5 Å². The third-order valence-corrected chi connectivity index (χ3v) is 4.81. The van der Waals surface area contributed by atoms with Crippen molar-refractivity contribution >= 4 is 23.5 Å². The van der Waals surface area contributed by atoms with E-state index in [1.807, 2.05) is 0 Å². The van der Waals surface area contributed by atoms with Crippen molar-refractivity contribution in [2.75, 3.05) is 30.3 Å². The van der Waals surface area contributed by atoms with Gasteiger partial charge < -0.3 is 5.32 Å². The van der Waals surface area contributed by atoms with Crippen molar-refractivity contribution in [3.63, 3.8) is 0 Å². The second kappa shape index (κ2) is 7.10. The van der Waals surface area contributed by atoms with E-state index >= 15 is 0 Å². The lowest BCUT2D eigenvalue weighted by atomic mass is 10.3. The van der Waals surface area contributed by atoms with Crippen LogP contribution in [0.4, 0.5) is 0 Å². The van der Waals surface area contributed by atoms with Crippen LogP contribution in [0.2, 0.25) is 0 Å². The maximum Gasteiger partial charge on any atom is 0.0263 e. The molecule has 0 bridgehead atoms. The summed E-state index contributed by atoms with van der Waals surface area (Å²) >= 11 is 4.24. The second-order valence-corrected chi connectivity index (χ2v) is 5.68. The highest BCUT2D eigenvalue weighted by molar-refractivity contribution is 8.06. The minimum Gasteiger partial charge on any atom is -0.316 e. The van der Waals surface area contributed by atoms with Gasteiger partial charge in [-0.3, -0.25) is 0 Å². The van der Waals surface area contributed by atoms with Crippen molar-refractivity contribution < 1.29 is 0 Å². The number of rotatable bonds is 5. The standard InChI is InChI=1S/C9H19NS2/c1-2-3-4-10-7-9-8-11-5-6-12-9/h9-10H,2-8H2,1H3. The van der Waals surface area contributed by atoms with E-state index in [0.717, 1.165) is 5.25 Å². The molecule has 0 saturated carbocycles. The van der Waals surface area contributed by atoms with E-state index in [2.05, 4.69) is 35.8 Å². The molecule has 3 heteroatoms. The molecule has 0 aromatic heterocycles. The fourth-order valence-corrected chi connectivity index (χ4v) is 3.87. The minimum atomic E-state index is 0.876. The van der Waals surface area contributed by atoms with Gasteiger partial charge in [-0.1, -0.05) is 13.3 Å². The van der Waals surface area contributed by atoms with E-state index in [1.54, 1.807) is 0 Å². The smallest absolute Gasteiger partial charge is 0.0263 e. The summed E-state index contributed by atoms with van der Waals surface area (Å²) in [4.78, 5) is 0. The maximum atomic E-state index is 3.52. The van der Waals surface area contributed by atoms with Gasteiger partial charge in [-0.2, -0.15) is 23.5 Å². The molecule has 1 atom stereocenters. The average molecular weight is 205 g/mol. The molecule has 1 N–H and O–H groups in total. The maximum absolute atomic E-state index is 3.52. The Labute approximate surface area is 84.4 Å². The molecule has 1 aliphatic heterocycles. The zero-order valence-electron chi connectivity index (χ0n) is 7.84. The van der Waals surface area contributed by atoms with E-state index in [1.165, 1.54) is 43.2 Å². The van der Waals surface area contributed by atoms with Crippen LogP contribution in [0.3, 0.4) is 0 Å². The monoisotopic (exact) mass is 205 g/mol. The van der Waals surface area contributed by atoms with Gasteiger partial charge in [0.25, 0.3) is 0 Å². The second-order valence-electron chi connectivity index (χ2n) is 3.13. The van der Waals surface area contributed by atoms with Crippen LogP contribution in [0.1, 0.15) is 19.8 Å². The Morgan fingerprint density at radius 2 is 2.33 bits per heavy atom. The summed E-state index contributed by atoms with van der Waals surface area (Å²) in [6, 6.07) is 0. The van der Waals surface area contributed by atoms with Crippen molar-refractivity contribution in [1.82, 2.24) is 5.32 Å². The molecule has 72 valence electrons. The molecule has 1 aliphatic rings. The normalized spacial score (nSPS) is 24.2. The average Bonchev–Trinajstić information content (AvgIpc) is 2.14. The van der Waals surface area contributed by atoms with Gasteiger partial charge in [0, 0.05) is 29.1 Å². The largest absolute Gasteiger partial charge is 0.316 e. The fraction of sp³-hybridized carbons (Fsp3) is 1.00. The van der Waals surface area contributed by atoms with Crippen LogP contribution in [0.15, 0.2) is 0 Å². The van der Waals surface area contributed by atoms with E-state index in [4.69, 9.17) is 0 Å². The van der Waals surface area contributed by atoms with E-state index in [0.29, 0.717) is 0 Å². The number of hydrogen-bond donors (Lipinski definition) is 1. The summed E-state index contributed by atoms with van der Waals surface area (Å²) in [5.74, 6) is 4.06. The van der Waals surface area contributed by atoms with Crippen molar-refractivity contribution in [2.45, 2.75) is 25.0 Å². The highest BCUT2D eigenvalue weighted by Gasteiger charge is 2.12. The Bertz CT molecular complexity index is 103. The van der Waals surface area contributed by atoms with Gasteiger partial charge in [0.2, 0.25) is 0 Å². The zero-order valence-corrected chi connectivity index (χ0v) is 9.48. The molecule has 0 aliphatic carbocycles. The van der Waals surface area contributed by atoms with Gasteiger partial charge in [-0.05, 0) is 13.0 Å². The number of nitrogens with one attached hydrogen (secondary N) is 1. The number of unbranched alkanes of at least 4 members (excludes halogenated alkanes) is 1. The molecular weight excluding hydrogens is 186 g/mol. The van der Waals surface area contributed by atoms with Gasteiger partial charge >= 0.3 is 0 Å². The van der Waals surface area contributed by atoms with Crippen molar-refractivity contribution in [3.05, 3.63) is 0 Å². The SMILES string of the molecule is CCCCNCC1CSCCS1. The Morgan fingerprint density at radius 1 is 1.42 bits per heavy atom. The Morgan fingerprint density at radius 3 is 3.00 bits per heavy atom. The molecule has 1 unspecified atom stereocenters. The molecule has 1 fully saturated rings. The van der Waals surface area contributed by atoms with E-state index < -0.39 is 0 Å². The van der Waals surface area contributed by atoms with Gasteiger partial charge in [0.15, 0.2) is 0 Å². The van der Waals surface area contributed by atoms with Gasteiger partial charge in [0.1, 0.15) is 0 Å². The summed E-state index contributed by atoms with van der Waals surface area (Å²) in [6.07, 6.45) is 2.63. The highest BCUT2D eigenvalue weighted by atomic mass is 32.2. The van der Waals surface area contributed by atoms with Crippen LogP contribution in [-0.4, -0.2) is 35.6 Å². The molecule has 1 heterocycles. The van der Waals surface area contributed by atoms with Crippen LogP contribution < -0.4 is 5.32 Å². The predicted octanol–water partition coefficient (Wildman–Crippen LogP) is 2.22. The van der Waals surface area contributed by atoms with E-state index in [-0.39, 0.29) is 0 Å². The van der Waals surface area contributed by atoms with Gasteiger partial charge in [-0.15, -0.1) is 0 Å². The Kier molecular flexibility index (Phi) is 6.35. The lowest BCUT2D eigenvalue weighted by Gasteiger charge is -2.21. The molecule has 12 heavy (non-hydrogen) atoms. The van der Waals surface area contributed by atoms with Crippen LogP contribution in [0, 0.1) is 0 Å². The van der Waals surface area contributed by atoms with Gasteiger partial charge in [-0.25, -0.2) is 0 Å². The van der Waals surface area contributed by atoms with Gasteiger partial charge in [0.05, 0.1) is 0 Å². The lowest BCUT2D eigenvalue weighted by molar-refractivity contribution is 0.640. The molecule has 1 nitrogen and oxygen atoms in total. The molecule has 1 rings (SSSR count). The lowest BCUT2D eigenvalue weighted by Crippen LogP contribution is -2.29. The number of hydrogen-bond acceptors (Lipinski definition) is 3. The van der Waals surface area contributed by atoms with Crippen molar-refractivity contribution in [1.29, 1.82) is 0 Å². The first kappa shape index (κ1) is 10.7.